The number of nitrogens with zero attached hydrogens (tertiary/aromatic N) is 1. The van der Waals surface area contributed by atoms with Crippen molar-refractivity contribution >= 4 is 17.5 Å². The van der Waals surface area contributed by atoms with Gasteiger partial charge >= 0.3 is 6.09 Å². The Bertz CT molecular complexity index is 840. The second-order valence-corrected chi connectivity index (χ2v) is 6.51. The first-order valence-corrected chi connectivity index (χ1v) is 9.11. The quantitative estimate of drug-likeness (QED) is 0.441. The average molecular weight is 631 g/mol. The fraction of sp³-hybridized carbons (Fsp3) is 0.350. The Morgan fingerprint density at radius 1 is 1.33 bits per heavy atom. The van der Waals surface area contributed by atoms with Gasteiger partial charge in [0, 0.05) is 62.4 Å². The van der Waals surface area contributed by atoms with Gasteiger partial charge in [-0.1, -0.05) is 0 Å². The van der Waals surface area contributed by atoms with Crippen molar-refractivity contribution in [2.24, 2.45) is 0 Å². The molecule has 1 aliphatic heterocycles. The molecule has 1 heterocycles. The number of benzene rings is 2. The van der Waals surface area contributed by atoms with Crippen molar-refractivity contribution < 1.29 is 72.6 Å². The SMILES string of the molecule is COc1ccc(NCC(O)COc2ccc(N3C[C@H](C[NH-])OC3=O)cc2F)cc1.[Ac]. The number of rotatable bonds is 9. The number of amides is 1. The minimum absolute atomic E-state index is 0. The number of ether oxygens (including phenoxy) is 3. The molecule has 10 heteroatoms. The molecule has 2 aromatic carbocycles. The van der Waals surface area contributed by atoms with Gasteiger partial charge in [0.1, 0.15) is 24.6 Å². The molecule has 159 valence electrons. The normalized spacial score (nSPS) is 16.5. The van der Waals surface area contributed by atoms with E-state index in [1.807, 2.05) is 12.1 Å². The number of halogens is 1. The van der Waals surface area contributed by atoms with Crippen LogP contribution in [0.15, 0.2) is 42.5 Å². The fourth-order valence-corrected chi connectivity index (χ4v) is 2.80. The number of hydrogen-bond acceptors (Lipinski definition) is 6. The predicted octanol–water partition coefficient (Wildman–Crippen LogP) is 3.06. The molecule has 1 aliphatic rings. The van der Waals surface area contributed by atoms with Crippen LogP contribution in [0.5, 0.6) is 11.5 Å². The zero-order chi connectivity index (χ0) is 20.8. The molecular formula is C20H23AcFN3O5-. The fourth-order valence-electron chi connectivity index (χ4n) is 2.80. The summed E-state index contributed by atoms with van der Waals surface area (Å²) in [6, 6.07) is 11.3. The van der Waals surface area contributed by atoms with Crippen molar-refractivity contribution in [3.8, 4) is 11.5 Å². The topological polar surface area (TPSA) is 104 Å². The van der Waals surface area contributed by atoms with E-state index in [1.165, 1.54) is 23.1 Å². The van der Waals surface area contributed by atoms with E-state index in [-0.39, 0.29) is 76.1 Å². The number of cyclic esters (lactones) is 1. The summed E-state index contributed by atoms with van der Waals surface area (Å²) in [5.41, 5.74) is 8.43. The van der Waals surface area contributed by atoms with Crippen LogP contribution in [-0.2, 0) is 4.74 Å². The summed E-state index contributed by atoms with van der Waals surface area (Å²) in [4.78, 5) is 13.1. The molecule has 1 fully saturated rings. The van der Waals surface area contributed by atoms with Gasteiger partial charge in [-0.2, -0.15) is 0 Å². The zero-order valence-electron chi connectivity index (χ0n) is 16.5. The number of nitrogens with one attached hydrogen (secondary N) is 2. The summed E-state index contributed by atoms with van der Waals surface area (Å²) in [5, 5.41) is 13.1. The van der Waals surface area contributed by atoms with E-state index in [4.69, 9.17) is 19.9 Å². The molecule has 0 bridgehead atoms. The average Bonchev–Trinajstić information content (AvgIpc) is 3.12. The largest absolute Gasteiger partial charge is 0.674 e. The minimum Gasteiger partial charge on any atom is -0.674 e. The summed E-state index contributed by atoms with van der Waals surface area (Å²) in [5.74, 6) is 0.0533. The summed E-state index contributed by atoms with van der Waals surface area (Å²) >= 11 is 0. The van der Waals surface area contributed by atoms with E-state index >= 15 is 0 Å². The third-order valence-electron chi connectivity index (χ3n) is 4.39. The van der Waals surface area contributed by atoms with Crippen molar-refractivity contribution in [1.29, 1.82) is 0 Å². The van der Waals surface area contributed by atoms with Crippen LogP contribution in [0, 0.1) is 49.9 Å². The van der Waals surface area contributed by atoms with Crippen molar-refractivity contribution in [3.05, 3.63) is 54.0 Å². The Hall–Kier alpha value is -1.60. The molecule has 3 N–H and O–H groups in total. The molecule has 8 nitrogen and oxygen atoms in total. The maximum absolute atomic E-state index is 14.3. The van der Waals surface area contributed by atoms with E-state index in [0.29, 0.717) is 5.69 Å². The summed E-state index contributed by atoms with van der Waals surface area (Å²) in [6.07, 6.45) is -1.98. The molecule has 1 unspecified atom stereocenters. The number of aliphatic hydroxyl groups is 1. The smallest absolute Gasteiger partial charge is 0.414 e. The molecule has 0 aliphatic carbocycles. The number of hydrogen-bond donors (Lipinski definition) is 2. The number of methoxy groups -OCH3 is 1. The third kappa shape index (κ3) is 6.45. The van der Waals surface area contributed by atoms with Crippen LogP contribution < -0.4 is 19.7 Å². The van der Waals surface area contributed by atoms with Gasteiger partial charge in [-0.15, -0.1) is 6.54 Å². The van der Waals surface area contributed by atoms with Crippen LogP contribution >= 0.6 is 0 Å². The number of carbonyl (C=O) groups is 1. The standard InChI is InChI=1S/C20H23FN3O5.Ac/c1-27-16-5-2-13(3-6-16)23-10-15(25)12-28-19-7-4-14(8-18(19)21)24-11-17(9-22)29-20(24)26;/h2-8,15,17,22-23,25H,9-12H2,1H3;/q-1;/t15?,17-;/m0./s1. The van der Waals surface area contributed by atoms with Crippen LogP contribution in [0.4, 0.5) is 20.6 Å². The first kappa shape index (κ1) is 24.7. The van der Waals surface area contributed by atoms with E-state index in [9.17, 15) is 14.3 Å². The van der Waals surface area contributed by atoms with Crippen LogP contribution in [0.1, 0.15) is 0 Å². The van der Waals surface area contributed by atoms with Gasteiger partial charge < -0.3 is 30.4 Å². The Kier molecular flexibility index (Phi) is 9.62. The van der Waals surface area contributed by atoms with E-state index in [2.05, 4.69) is 5.32 Å². The molecule has 1 radical (unpaired) electrons. The number of carbonyl (C=O) groups excluding carboxylic acids is 1. The molecule has 2 atom stereocenters. The third-order valence-corrected chi connectivity index (χ3v) is 4.39. The van der Waals surface area contributed by atoms with Gasteiger partial charge in [0.2, 0.25) is 0 Å². The van der Waals surface area contributed by atoms with Crippen LogP contribution in [0.2, 0.25) is 0 Å². The van der Waals surface area contributed by atoms with Crippen molar-refractivity contribution in [2.45, 2.75) is 12.2 Å². The van der Waals surface area contributed by atoms with Gasteiger partial charge in [0.05, 0.1) is 19.3 Å². The van der Waals surface area contributed by atoms with Crippen molar-refractivity contribution in [2.75, 3.05) is 43.6 Å². The Morgan fingerprint density at radius 3 is 2.67 bits per heavy atom. The summed E-state index contributed by atoms with van der Waals surface area (Å²) in [7, 11) is 1.58. The van der Waals surface area contributed by atoms with Crippen LogP contribution in [-0.4, -0.2) is 56.8 Å². The molecule has 0 spiro atoms. The van der Waals surface area contributed by atoms with Gasteiger partial charge in [0.15, 0.2) is 11.6 Å². The van der Waals surface area contributed by atoms with E-state index < -0.39 is 24.1 Å². The van der Waals surface area contributed by atoms with Crippen LogP contribution in [0.3, 0.4) is 0 Å². The van der Waals surface area contributed by atoms with Crippen LogP contribution in [0.25, 0.3) is 5.73 Å². The first-order chi connectivity index (χ1) is 14.0. The van der Waals surface area contributed by atoms with Crippen molar-refractivity contribution in [3.63, 3.8) is 0 Å². The number of aliphatic hydroxyl groups excluding tert-OH is 1. The Morgan fingerprint density at radius 2 is 2.07 bits per heavy atom. The maximum atomic E-state index is 14.3. The molecule has 0 aromatic heterocycles. The second kappa shape index (κ2) is 11.7. The maximum Gasteiger partial charge on any atom is 0.414 e. The van der Waals surface area contributed by atoms with Gasteiger partial charge in [0.25, 0.3) is 0 Å². The molecule has 0 saturated carbocycles. The summed E-state index contributed by atoms with van der Waals surface area (Å²) in [6.45, 7) is 0.276. The molecular weight excluding hydrogens is 608 g/mol. The monoisotopic (exact) mass is 631 g/mol. The second-order valence-electron chi connectivity index (χ2n) is 6.51. The minimum atomic E-state index is -0.859. The van der Waals surface area contributed by atoms with Gasteiger partial charge in [-0.05, 0) is 36.4 Å². The Labute approximate surface area is 210 Å². The zero-order valence-corrected chi connectivity index (χ0v) is 21.3. The van der Waals surface area contributed by atoms with E-state index in [0.717, 1.165) is 11.4 Å². The molecule has 3 rings (SSSR count). The molecule has 1 saturated heterocycles. The van der Waals surface area contributed by atoms with Crippen molar-refractivity contribution in [1.82, 2.24) is 0 Å². The van der Waals surface area contributed by atoms with E-state index in [1.54, 1.807) is 19.2 Å². The molecule has 30 heavy (non-hydrogen) atoms. The predicted molar refractivity (Wildman–Crippen MR) is 106 cm³/mol. The molecule has 2 aromatic rings. The number of anilines is 2. The summed E-state index contributed by atoms with van der Waals surface area (Å²) < 4.78 is 29.8. The van der Waals surface area contributed by atoms with Gasteiger partial charge in [-0.3, -0.25) is 4.90 Å². The molecule has 1 amide bonds. The first-order valence-electron chi connectivity index (χ1n) is 9.11. The Balaban J connectivity index is 0.00000320. The van der Waals surface area contributed by atoms with Gasteiger partial charge in [-0.25, -0.2) is 9.18 Å².